The van der Waals surface area contributed by atoms with Gasteiger partial charge in [0.1, 0.15) is 0 Å². The summed E-state index contributed by atoms with van der Waals surface area (Å²) in [7, 11) is 0. The zero-order chi connectivity index (χ0) is 57.2. The zero-order valence-corrected chi connectivity index (χ0v) is 48.0. The van der Waals surface area contributed by atoms with Gasteiger partial charge >= 0.3 is 0 Å². The van der Waals surface area contributed by atoms with E-state index in [0.717, 1.165) is 44.5 Å². The van der Waals surface area contributed by atoms with E-state index in [1.54, 1.807) is 0 Å². The Morgan fingerprint density at radius 1 is 0.174 bits per heavy atom. The highest BCUT2D eigenvalue weighted by Crippen LogP contribution is 2.42. The molecule has 0 bridgehead atoms. The van der Waals surface area contributed by atoms with Gasteiger partial charge in [-0.3, -0.25) is 0 Å². The van der Waals surface area contributed by atoms with Gasteiger partial charge in [-0.15, -0.1) is 22.7 Å². The first kappa shape index (κ1) is 51.9. The number of aromatic nitrogens is 6. The van der Waals surface area contributed by atoms with Crippen LogP contribution in [0.25, 0.3) is 153 Å². The fourth-order valence-electron chi connectivity index (χ4n) is 11.1. The molecular formula is C78H50N6S2. The van der Waals surface area contributed by atoms with Crippen molar-refractivity contribution in [2.24, 2.45) is 0 Å². The highest BCUT2D eigenvalue weighted by atomic mass is 32.1. The van der Waals surface area contributed by atoms with E-state index in [4.69, 9.17) is 29.9 Å². The second-order valence-corrected chi connectivity index (χ2v) is 23.1. The molecule has 6 nitrogen and oxygen atoms in total. The SMILES string of the molecule is c1ccc(-c2nc(-c3ccccc3)nc(-c3ccc(-c4cccc(-c5ccc6sc7ccccc7c6c5)c4)cc3)n2)cc1.c1ccc(-c2nc(-c3ccccc3)nc(-c3ccc(-c4cccc(-c5cccc6c5sc5ccccc56)c4)cc3)n2)cc1. The van der Waals surface area contributed by atoms with E-state index in [9.17, 15) is 0 Å². The van der Waals surface area contributed by atoms with Gasteiger partial charge in [-0.1, -0.05) is 267 Å². The highest BCUT2D eigenvalue weighted by molar-refractivity contribution is 7.26. The summed E-state index contributed by atoms with van der Waals surface area (Å²) in [5.74, 6) is 3.97. The lowest BCUT2D eigenvalue weighted by atomic mass is 9.97. The van der Waals surface area contributed by atoms with Crippen LogP contribution in [-0.2, 0) is 0 Å². The second-order valence-electron chi connectivity index (χ2n) is 21.0. The van der Waals surface area contributed by atoms with Crippen LogP contribution >= 0.6 is 22.7 Å². The van der Waals surface area contributed by atoms with Gasteiger partial charge in [-0.2, -0.15) is 0 Å². The van der Waals surface area contributed by atoms with Crippen molar-refractivity contribution >= 4 is 63.0 Å². The van der Waals surface area contributed by atoms with Crippen LogP contribution < -0.4 is 0 Å². The van der Waals surface area contributed by atoms with Crippen molar-refractivity contribution in [3.63, 3.8) is 0 Å². The average molecular weight is 1140 g/mol. The Morgan fingerprint density at radius 2 is 0.465 bits per heavy atom. The Morgan fingerprint density at radius 3 is 0.930 bits per heavy atom. The van der Waals surface area contributed by atoms with Crippen LogP contribution in [0.1, 0.15) is 0 Å². The second kappa shape index (κ2) is 23.0. The van der Waals surface area contributed by atoms with Gasteiger partial charge in [0.25, 0.3) is 0 Å². The molecule has 0 aliphatic heterocycles. The number of nitrogens with zero attached hydrogens (tertiary/aromatic N) is 6. The van der Waals surface area contributed by atoms with E-state index in [1.165, 1.54) is 73.7 Å². The number of fused-ring (bicyclic) bond motifs is 6. The van der Waals surface area contributed by atoms with Crippen LogP contribution in [0.15, 0.2) is 303 Å². The van der Waals surface area contributed by atoms with Crippen molar-refractivity contribution in [3.05, 3.63) is 303 Å². The molecule has 0 fully saturated rings. The van der Waals surface area contributed by atoms with Crippen LogP contribution in [0.5, 0.6) is 0 Å². The number of thiophene rings is 2. The third-order valence-corrected chi connectivity index (χ3v) is 17.9. The van der Waals surface area contributed by atoms with Gasteiger partial charge in [0.15, 0.2) is 34.9 Å². The van der Waals surface area contributed by atoms with Gasteiger partial charge in [-0.25, -0.2) is 29.9 Å². The summed E-state index contributed by atoms with van der Waals surface area (Å²) in [6, 6.07) is 106. The summed E-state index contributed by atoms with van der Waals surface area (Å²) in [5, 5.41) is 5.27. The molecule has 0 N–H and O–H groups in total. The third-order valence-electron chi connectivity index (χ3n) is 15.5. The van der Waals surface area contributed by atoms with Crippen molar-refractivity contribution < 1.29 is 0 Å². The normalized spacial score (nSPS) is 11.3. The number of rotatable bonds is 10. The first-order valence-corrected chi connectivity index (χ1v) is 30.2. The van der Waals surface area contributed by atoms with E-state index in [-0.39, 0.29) is 0 Å². The number of benzene rings is 12. The summed E-state index contributed by atoms with van der Waals surface area (Å²) in [4.78, 5) is 29.1. The molecule has 404 valence electrons. The van der Waals surface area contributed by atoms with E-state index in [2.05, 4.69) is 182 Å². The molecule has 0 aliphatic carbocycles. The van der Waals surface area contributed by atoms with Crippen molar-refractivity contribution in [1.82, 2.24) is 29.9 Å². The van der Waals surface area contributed by atoms with Gasteiger partial charge in [-0.05, 0) is 80.9 Å². The molecule has 0 saturated heterocycles. The Labute approximate surface area is 505 Å². The summed E-state index contributed by atoms with van der Waals surface area (Å²) in [6.45, 7) is 0. The Hall–Kier alpha value is -10.9. The highest BCUT2D eigenvalue weighted by Gasteiger charge is 2.17. The standard InChI is InChI=1S/2C39H25N3S/c1-3-11-27(12-4-1)37-40-38(28-13-5-2-6-14-28)42-39(41-37)29-23-21-26(22-24-29)30-15-9-16-31(25-30)32-18-10-19-34-33-17-7-8-20-35(33)43-36(32)34;1-3-10-27(11-4-1)37-40-38(28-12-5-2-6-13-28)42-39(41-37)29-20-18-26(19-21-29)30-14-9-15-31(24-30)32-22-23-36-34(25-32)33-16-7-8-17-35(33)43-36/h2*1-25H. The Kier molecular flexibility index (Phi) is 13.9. The van der Waals surface area contributed by atoms with Crippen molar-refractivity contribution in [3.8, 4) is 113 Å². The minimum absolute atomic E-state index is 0.657. The van der Waals surface area contributed by atoms with E-state index < -0.39 is 0 Å². The first-order valence-electron chi connectivity index (χ1n) is 28.6. The molecule has 4 heterocycles. The molecule has 0 unspecified atom stereocenters. The van der Waals surface area contributed by atoms with E-state index >= 15 is 0 Å². The van der Waals surface area contributed by atoms with Gasteiger partial charge in [0.05, 0.1) is 0 Å². The maximum Gasteiger partial charge on any atom is 0.164 e. The predicted octanol–water partition coefficient (Wildman–Crippen LogP) is 21.1. The van der Waals surface area contributed by atoms with Crippen LogP contribution in [0, 0.1) is 0 Å². The lowest BCUT2D eigenvalue weighted by Gasteiger charge is -2.10. The lowest BCUT2D eigenvalue weighted by Crippen LogP contribution is -2.00. The van der Waals surface area contributed by atoms with E-state index in [0.29, 0.717) is 34.9 Å². The van der Waals surface area contributed by atoms with Crippen LogP contribution in [-0.4, -0.2) is 29.9 Å². The van der Waals surface area contributed by atoms with Crippen molar-refractivity contribution in [2.75, 3.05) is 0 Å². The van der Waals surface area contributed by atoms with Crippen LogP contribution in [0.3, 0.4) is 0 Å². The molecule has 0 atom stereocenters. The smallest absolute Gasteiger partial charge is 0.164 e. The molecule has 0 aliphatic rings. The molecule has 12 aromatic carbocycles. The maximum absolute atomic E-state index is 4.88. The largest absolute Gasteiger partial charge is 0.208 e. The topological polar surface area (TPSA) is 77.3 Å². The third kappa shape index (κ3) is 10.5. The molecule has 0 saturated carbocycles. The average Bonchev–Trinajstić information content (AvgIpc) is 2.48. The molecule has 0 amide bonds. The van der Waals surface area contributed by atoms with Gasteiger partial charge < -0.3 is 0 Å². The number of hydrogen-bond acceptors (Lipinski definition) is 8. The minimum Gasteiger partial charge on any atom is -0.208 e. The quantitative estimate of drug-likeness (QED) is 0.136. The fourth-order valence-corrected chi connectivity index (χ4v) is 13.4. The fraction of sp³-hybridized carbons (Fsp3) is 0. The van der Waals surface area contributed by atoms with Gasteiger partial charge in [0, 0.05) is 73.7 Å². The molecule has 0 spiro atoms. The summed E-state index contributed by atoms with van der Waals surface area (Å²) in [5.41, 5.74) is 15.3. The molecule has 8 heteroatoms. The first-order chi connectivity index (χ1) is 42.6. The summed E-state index contributed by atoms with van der Waals surface area (Å²) in [6.07, 6.45) is 0. The number of hydrogen-bond donors (Lipinski definition) is 0. The lowest BCUT2D eigenvalue weighted by molar-refractivity contribution is 1.07. The summed E-state index contributed by atoms with van der Waals surface area (Å²) >= 11 is 3.71. The van der Waals surface area contributed by atoms with Gasteiger partial charge in [0.2, 0.25) is 0 Å². The van der Waals surface area contributed by atoms with E-state index in [1.807, 2.05) is 144 Å². The Balaban J connectivity index is 0.000000145. The molecular weight excluding hydrogens is 1090 g/mol. The Bertz CT molecular complexity index is 4960. The van der Waals surface area contributed by atoms with Crippen molar-refractivity contribution in [2.45, 2.75) is 0 Å². The predicted molar refractivity (Wildman–Crippen MR) is 360 cm³/mol. The van der Waals surface area contributed by atoms with Crippen LogP contribution in [0.4, 0.5) is 0 Å². The van der Waals surface area contributed by atoms with Crippen LogP contribution in [0.2, 0.25) is 0 Å². The molecule has 0 radical (unpaired) electrons. The molecule has 16 rings (SSSR count). The minimum atomic E-state index is 0.657. The molecule has 86 heavy (non-hydrogen) atoms. The van der Waals surface area contributed by atoms with Crippen molar-refractivity contribution in [1.29, 1.82) is 0 Å². The monoisotopic (exact) mass is 1130 g/mol. The maximum atomic E-state index is 4.88. The zero-order valence-electron chi connectivity index (χ0n) is 46.4. The molecule has 4 aromatic heterocycles. The molecule has 16 aromatic rings. The summed E-state index contributed by atoms with van der Waals surface area (Å²) < 4.78 is 5.30.